The van der Waals surface area contributed by atoms with Gasteiger partial charge in [-0.25, -0.2) is 0 Å². The van der Waals surface area contributed by atoms with Crippen LogP contribution in [0.3, 0.4) is 0 Å². The summed E-state index contributed by atoms with van der Waals surface area (Å²) in [5.41, 5.74) is 2.53. The number of nitrogens with one attached hydrogen (secondary N) is 1. The molecule has 5 heteroatoms. The van der Waals surface area contributed by atoms with E-state index in [0.29, 0.717) is 26.1 Å². The Bertz CT molecular complexity index is 762. The van der Waals surface area contributed by atoms with Gasteiger partial charge in [-0.15, -0.1) is 0 Å². The van der Waals surface area contributed by atoms with E-state index in [2.05, 4.69) is 58.7 Å². The lowest BCUT2D eigenvalue weighted by Gasteiger charge is -2.40. The van der Waals surface area contributed by atoms with Crippen LogP contribution in [0, 0.1) is 5.92 Å². The van der Waals surface area contributed by atoms with Crippen LogP contribution < -0.4 is 5.32 Å². The predicted octanol–water partition coefficient (Wildman–Crippen LogP) is 2.45. The number of hydrogen-bond acceptors (Lipinski definition) is 3. The van der Waals surface area contributed by atoms with Crippen molar-refractivity contribution in [1.29, 1.82) is 0 Å². The van der Waals surface area contributed by atoms with E-state index in [9.17, 15) is 9.59 Å². The second-order valence-electron chi connectivity index (χ2n) is 7.57. The van der Waals surface area contributed by atoms with Crippen LogP contribution >= 0.6 is 0 Å². The molecule has 2 heterocycles. The molecular formula is C23H27N3O2. The number of nitrogens with zero attached hydrogens (tertiary/aromatic N) is 2. The molecule has 2 aromatic carbocycles. The Labute approximate surface area is 166 Å². The van der Waals surface area contributed by atoms with E-state index in [1.54, 1.807) is 0 Å². The Hall–Kier alpha value is -2.66. The molecule has 1 atom stereocenters. The molecular weight excluding hydrogens is 350 g/mol. The van der Waals surface area contributed by atoms with Crippen LogP contribution in [0.2, 0.25) is 0 Å². The number of amides is 2. The Morgan fingerprint density at radius 3 is 2.00 bits per heavy atom. The Balaban J connectivity index is 1.47. The van der Waals surface area contributed by atoms with E-state index in [4.69, 9.17) is 0 Å². The van der Waals surface area contributed by atoms with Gasteiger partial charge in [0.15, 0.2) is 0 Å². The van der Waals surface area contributed by atoms with Crippen molar-refractivity contribution in [3.05, 3.63) is 71.8 Å². The number of benzene rings is 2. The minimum absolute atomic E-state index is 0.00665. The summed E-state index contributed by atoms with van der Waals surface area (Å²) in [4.78, 5) is 29.2. The molecule has 2 aliphatic rings. The van der Waals surface area contributed by atoms with Gasteiger partial charge in [0, 0.05) is 32.7 Å². The third kappa shape index (κ3) is 3.94. The first-order chi connectivity index (χ1) is 13.7. The van der Waals surface area contributed by atoms with Crippen LogP contribution in [-0.2, 0) is 9.59 Å². The quantitative estimate of drug-likeness (QED) is 0.833. The van der Waals surface area contributed by atoms with Crippen molar-refractivity contribution in [2.45, 2.75) is 18.9 Å². The molecule has 5 nitrogen and oxygen atoms in total. The van der Waals surface area contributed by atoms with E-state index < -0.39 is 5.92 Å². The zero-order valence-corrected chi connectivity index (χ0v) is 16.1. The zero-order valence-electron chi connectivity index (χ0n) is 16.1. The summed E-state index contributed by atoms with van der Waals surface area (Å²) in [5.74, 6) is -0.614. The Kier molecular flexibility index (Phi) is 5.72. The van der Waals surface area contributed by atoms with E-state index in [1.807, 2.05) is 17.0 Å². The first-order valence-corrected chi connectivity index (χ1v) is 10.1. The predicted molar refractivity (Wildman–Crippen MR) is 109 cm³/mol. The molecule has 28 heavy (non-hydrogen) atoms. The van der Waals surface area contributed by atoms with Crippen molar-refractivity contribution in [2.75, 3.05) is 32.7 Å². The van der Waals surface area contributed by atoms with Gasteiger partial charge in [0.05, 0.1) is 6.04 Å². The molecule has 2 fully saturated rings. The van der Waals surface area contributed by atoms with E-state index in [-0.39, 0.29) is 17.9 Å². The van der Waals surface area contributed by atoms with Gasteiger partial charge in [0.2, 0.25) is 11.8 Å². The fourth-order valence-corrected chi connectivity index (χ4v) is 4.31. The molecule has 0 bridgehead atoms. The largest absolute Gasteiger partial charge is 0.355 e. The lowest BCUT2D eigenvalue weighted by Crippen LogP contribution is -2.54. The van der Waals surface area contributed by atoms with Gasteiger partial charge in [0.1, 0.15) is 5.92 Å². The average molecular weight is 377 g/mol. The number of rotatable bonds is 4. The first-order valence-electron chi connectivity index (χ1n) is 10.1. The number of piperidine rings is 1. The van der Waals surface area contributed by atoms with Gasteiger partial charge in [-0.1, -0.05) is 60.7 Å². The highest BCUT2D eigenvalue weighted by Crippen LogP contribution is 2.29. The molecule has 0 aliphatic carbocycles. The fourth-order valence-electron chi connectivity index (χ4n) is 4.31. The third-order valence-corrected chi connectivity index (χ3v) is 5.81. The normalized spacial score (nSPS) is 20.8. The maximum absolute atomic E-state index is 12.8. The molecule has 2 amide bonds. The van der Waals surface area contributed by atoms with Gasteiger partial charge in [0.25, 0.3) is 0 Å². The van der Waals surface area contributed by atoms with Crippen molar-refractivity contribution in [3.63, 3.8) is 0 Å². The summed E-state index contributed by atoms with van der Waals surface area (Å²) >= 11 is 0. The lowest BCUT2D eigenvalue weighted by atomic mass is 9.95. The minimum atomic E-state index is -0.501. The molecule has 0 radical (unpaired) electrons. The maximum Gasteiger partial charge on any atom is 0.235 e. The molecule has 0 saturated carbocycles. The molecule has 146 valence electrons. The van der Waals surface area contributed by atoms with Crippen molar-refractivity contribution < 1.29 is 9.59 Å². The van der Waals surface area contributed by atoms with Crippen LogP contribution in [0.5, 0.6) is 0 Å². The molecule has 0 aromatic heterocycles. The second-order valence-corrected chi connectivity index (χ2v) is 7.57. The third-order valence-electron chi connectivity index (χ3n) is 5.81. The first kappa shape index (κ1) is 18.7. The topological polar surface area (TPSA) is 52.7 Å². The molecule has 4 rings (SSSR count). The van der Waals surface area contributed by atoms with Gasteiger partial charge in [-0.2, -0.15) is 0 Å². The molecule has 2 saturated heterocycles. The van der Waals surface area contributed by atoms with Crippen LogP contribution in [0.1, 0.15) is 30.0 Å². The van der Waals surface area contributed by atoms with Crippen molar-refractivity contribution >= 4 is 11.8 Å². The smallest absolute Gasteiger partial charge is 0.235 e. The maximum atomic E-state index is 12.8. The molecule has 0 spiro atoms. The van der Waals surface area contributed by atoms with Crippen molar-refractivity contribution in [1.82, 2.24) is 15.1 Å². The summed E-state index contributed by atoms with van der Waals surface area (Å²) in [6.07, 6.45) is 1.55. The van der Waals surface area contributed by atoms with Gasteiger partial charge in [-0.3, -0.25) is 14.5 Å². The monoisotopic (exact) mass is 377 g/mol. The highest BCUT2D eigenvalue weighted by atomic mass is 16.2. The van der Waals surface area contributed by atoms with Crippen LogP contribution in [-0.4, -0.2) is 54.3 Å². The lowest BCUT2D eigenvalue weighted by molar-refractivity contribution is -0.145. The minimum Gasteiger partial charge on any atom is -0.355 e. The number of carbonyl (C=O) groups excluding carboxylic acids is 2. The molecule has 0 unspecified atom stereocenters. The number of piperazine rings is 1. The summed E-state index contributed by atoms with van der Waals surface area (Å²) in [5, 5.41) is 2.83. The van der Waals surface area contributed by atoms with Crippen molar-refractivity contribution in [3.8, 4) is 0 Å². The highest BCUT2D eigenvalue weighted by Gasteiger charge is 2.35. The van der Waals surface area contributed by atoms with Crippen molar-refractivity contribution in [2.24, 2.45) is 5.92 Å². The Morgan fingerprint density at radius 2 is 1.46 bits per heavy atom. The summed E-state index contributed by atoms with van der Waals surface area (Å²) in [6, 6.07) is 21.2. The average Bonchev–Trinajstić information content (AvgIpc) is 2.76. The highest BCUT2D eigenvalue weighted by molar-refractivity contribution is 6.00. The zero-order chi connectivity index (χ0) is 19.3. The van der Waals surface area contributed by atoms with Gasteiger partial charge >= 0.3 is 0 Å². The number of carbonyl (C=O) groups is 2. The summed E-state index contributed by atoms with van der Waals surface area (Å²) in [6.45, 7) is 3.62. The SMILES string of the molecule is O=C1NCCC[C@@H]1C(=O)N1CCN(C(c2ccccc2)c2ccccc2)CC1. The van der Waals surface area contributed by atoms with E-state index in [1.165, 1.54) is 11.1 Å². The van der Waals surface area contributed by atoms with E-state index in [0.717, 1.165) is 19.5 Å². The molecule has 2 aliphatic heterocycles. The van der Waals surface area contributed by atoms with Gasteiger partial charge in [-0.05, 0) is 24.0 Å². The van der Waals surface area contributed by atoms with E-state index >= 15 is 0 Å². The van der Waals surface area contributed by atoms with Crippen LogP contribution in [0.15, 0.2) is 60.7 Å². The van der Waals surface area contributed by atoms with Crippen LogP contribution in [0.25, 0.3) is 0 Å². The fraction of sp³-hybridized carbons (Fsp3) is 0.391. The van der Waals surface area contributed by atoms with Gasteiger partial charge < -0.3 is 10.2 Å². The molecule has 1 N–H and O–H groups in total. The van der Waals surface area contributed by atoms with Crippen LogP contribution in [0.4, 0.5) is 0 Å². The summed E-state index contributed by atoms with van der Waals surface area (Å²) in [7, 11) is 0. The number of hydrogen-bond donors (Lipinski definition) is 1. The summed E-state index contributed by atoms with van der Waals surface area (Å²) < 4.78 is 0. The second kappa shape index (κ2) is 8.57. The standard InChI is InChI=1S/C23H27N3O2/c27-22-20(12-7-13-24-22)23(28)26-16-14-25(15-17-26)21(18-8-3-1-4-9-18)19-10-5-2-6-11-19/h1-6,8-11,20-21H,7,12-17H2,(H,24,27)/t20-/m0/s1. The molecule has 2 aromatic rings. The Morgan fingerprint density at radius 1 is 0.893 bits per heavy atom.